The lowest BCUT2D eigenvalue weighted by molar-refractivity contribution is 0.101. The van der Waals surface area contributed by atoms with Crippen LogP contribution in [0.2, 0.25) is 0 Å². The maximum atomic E-state index is 12.8. The van der Waals surface area contributed by atoms with E-state index in [4.69, 9.17) is 9.47 Å². The van der Waals surface area contributed by atoms with Crippen molar-refractivity contribution in [2.45, 2.75) is 6.61 Å². The lowest BCUT2D eigenvalue weighted by atomic mass is 10.2. The van der Waals surface area contributed by atoms with Gasteiger partial charge < -0.3 is 14.6 Å². The van der Waals surface area contributed by atoms with E-state index in [0.29, 0.717) is 35.8 Å². The van der Waals surface area contributed by atoms with E-state index >= 15 is 0 Å². The van der Waals surface area contributed by atoms with Gasteiger partial charge in [-0.3, -0.25) is 15.0 Å². The molecule has 0 fully saturated rings. The number of nitrogens with one attached hydrogen (secondary N) is 1. The number of pyridine rings is 1. The first-order chi connectivity index (χ1) is 14.1. The summed E-state index contributed by atoms with van der Waals surface area (Å²) in [7, 11) is 0. The first-order valence-corrected chi connectivity index (χ1v) is 8.72. The molecule has 3 aromatic heterocycles. The number of aromatic nitrogens is 5. The summed E-state index contributed by atoms with van der Waals surface area (Å²) in [4.78, 5) is 33.5. The minimum Gasteiger partial charge on any atom is -0.486 e. The summed E-state index contributed by atoms with van der Waals surface area (Å²) in [6.45, 7) is 0.523. The van der Waals surface area contributed by atoms with Gasteiger partial charge in [0, 0.05) is 18.0 Å². The number of hydrogen-bond acceptors (Lipinski definition) is 8. The monoisotopic (exact) mass is 394 g/mol. The Labute approximate surface area is 162 Å². The standard InChI is InChI=1S/C18H14N6O5/c25-9-15-20-18-19-8-11-12(24(18)21-15)3-4-23(17(11)27)22-16(26)10-1-2-13-14(7-10)29-6-5-28-13/h1-4,7-8,25H,5-6,9H2,(H,22,26). The Kier molecular flexibility index (Phi) is 3.88. The fraction of sp³-hybridized carbons (Fsp3) is 0.167. The van der Waals surface area contributed by atoms with E-state index in [-0.39, 0.29) is 23.6 Å². The first kappa shape index (κ1) is 17.1. The molecule has 0 saturated heterocycles. The smallest absolute Gasteiger partial charge is 0.280 e. The zero-order valence-electron chi connectivity index (χ0n) is 14.9. The van der Waals surface area contributed by atoms with Crippen LogP contribution in [0.5, 0.6) is 11.5 Å². The van der Waals surface area contributed by atoms with E-state index in [2.05, 4.69) is 20.5 Å². The highest BCUT2D eigenvalue weighted by Gasteiger charge is 2.16. The second-order valence-electron chi connectivity index (χ2n) is 6.25. The van der Waals surface area contributed by atoms with Crippen LogP contribution in [-0.4, -0.2) is 48.5 Å². The average Bonchev–Trinajstić information content (AvgIpc) is 3.19. The SMILES string of the molecule is O=C(Nn1ccc2c(cnc3nc(CO)nn32)c1=O)c1ccc2c(c1)OCCO2. The molecule has 0 bridgehead atoms. The van der Waals surface area contributed by atoms with Crippen LogP contribution in [0.3, 0.4) is 0 Å². The number of hydrogen-bond donors (Lipinski definition) is 2. The number of aliphatic hydroxyl groups excluding tert-OH is 1. The van der Waals surface area contributed by atoms with Gasteiger partial charge in [-0.15, -0.1) is 5.10 Å². The maximum Gasteiger partial charge on any atom is 0.280 e. The van der Waals surface area contributed by atoms with Gasteiger partial charge in [0.2, 0.25) is 0 Å². The molecule has 2 N–H and O–H groups in total. The molecule has 1 amide bonds. The van der Waals surface area contributed by atoms with E-state index in [1.807, 2.05) is 0 Å². The molecule has 1 aromatic carbocycles. The quantitative estimate of drug-likeness (QED) is 0.499. The second kappa shape index (κ2) is 6.56. The number of aliphatic hydroxyl groups is 1. The van der Waals surface area contributed by atoms with Gasteiger partial charge in [0.1, 0.15) is 19.8 Å². The molecule has 4 heterocycles. The van der Waals surface area contributed by atoms with Crippen molar-refractivity contribution >= 4 is 22.6 Å². The molecule has 1 aliphatic rings. The number of nitrogens with zero attached hydrogens (tertiary/aromatic N) is 5. The van der Waals surface area contributed by atoms with Gasteiger partial charge in [-0.1, -0.05) is 0 Å². The summed E-state index contributed by atoms with van der Waals surface area (Å²) in [5, 5.41) is 13.5. The van der Waals surface area contributed by atoms with Crippen molar-refractivity contribution in [3.05, 3.63) is 58.4 Å². The Bertz CT molecular complexity index is 1330. The average molecular weight is 394 g/mol. The zero-order valence-corrected chi connectivity index (χ0v) is 14.9. The predicted molar refractivity (Wildman–Crippen MR) is 99.6 cm³/mol. The van der Waals surface area contributed by atoms with E-state index in [1.54, 1.807) is 24.3 Å². The third-order valence-electron chi connectivity index (χ3n) is 4.45. The van der Waals surface area contributed by atoms with Gasteiger partial charge in [0.05, 0.1) is 10.9 Å². The minimum absolute atomic E-state index is 0.195. The molecule has 0 spiro atoms. The van der Waals surface area contributed by atoms with Gasteiger partial charge in [-0.25, -0.2) is 9.66 Å². The number of ether oxygens (including phenoxy) is 2. The highest BCUT2D eigenvalue weighted by Crippen LogP contribution is 2.30. The van der Waals surface area contributed by atoms with Gasteiger partial charge >= 0.3 is 0 Å². The molecule has 0 unspecified atom stereocenters. The largest absolute Gasteiger partial charge is 0.486 e. The van der Waals surface area contributed by atoms with Crippen LogP contribution in [0.1, 0.15) is 16.2 Å². The van der Waals surface area contributed by atoms with Crippen molar-refractivity contribution in [3.8, 4) is 11.5 Å². The van der Waals surface area contributed by atoms with Crippen LogP contribution >= 0.6 is 0 Å². The minimum atomic E-state index is -0.485. The lowest BCUT2D eigenvalue weighted by Gasteiger charge is -2.18. The van der Waals surface area contributed by atoms with Crippen LogP contribution in [-0.2, 0) is 6.61 Å². The maximum absolute atomic E-state index is 12.8. The summed E-state index contributed by atoms with van der Waals surface area (Å²) in [5.41, 5.74) is 2.84. The van der Waals surface area contributed by atoms with Crippen LogP contribution < -0.4 is 20.5 Å². The third kappa shape index (κ3) is 2.84. The number of fused-ring (bicyclic) bond motifs is 4. The molecular formula is C18H14N6O5. The molecule has 1 aliphatic heterocycles. The van der Waals surface area contributed by atoms with Crippen LogP contribution in [0.25, 0.3) is 16.7 Å². The van der Waals surface area contributed by atoms with Crippen molar-refractivity contribution in [1.29, 1.82) is 0 Å². The van der Waals surface area contributed by atoms with Gasteiger partial charge in [0.25, 0.3) is 17.2 Å². The van der Waals surface area contributed by atoms with Gasteiger partial charge in [-0.05, 0) is 24.3 Å². The highest BCUT2D eigenvalue weighted by molar-refractivity contribution is 6.00. The third-order valence-corrected chi connectivity index (χ3v) is 4.45. The predicted octanol–water partition coefficient (Wildman–Crippen LogP) is 0.0866. The van der Waals surface area contributed by atoms with Crippen molar-refractivity contribution < 1.29 is 19.4 Å². The second-order valence-corrected chi connectivity index (χ2v) is 6.25. The molecular weight excluding hydrogens is 380 g/mol. The Morgan fingerprint density at radius 2 is 2.03 bits per heavy atom. The number of amides is 1. The van der Waals surface area contributed by atoms with E-state index in [0.717, 1.165) is 4.68 Å². The molecule has 0 aliphatic carbocycles. The Morgan fingerprint density at radius 1 is 1.21 bits per heavy atom. The molecule has 0 atom stereocenters. The number of benzene rings is 1. The fourth-order valence-electron chi connectivity index (χ4n) is 3.07. The molecule has 146 valence electrons. The Balaban J connectivity index is 1.50. The zero-order chi connectivity index (χ0) is 20.0. The van der Waals surface area contributed by atoms with Crippen molar-refractivity contribution in [2.75, 3.05) is 18.6 Å². The van der Waals surface area contributed by atoms with Gasteiger partial charge in [0.15, 0.2) is 17.3 Å². The molecule has 11 nitrogen and oxygen atoms in total. The summed E-state index contributed by atoms with van der Waals surface area (Å²) in [6.07, 6.45) is 2.77. The summed E-state index contributed by atoms with van der Waals surface area (Å²) in [5.74, 6) is 1.02. The molecule has 29 heavy (non-hydrogen) atoms. The van der Waals surface area contributed by atoms with E-state index in [1.165, 1.54) is 16.9 Å². The van der Waals surface area contributed by atoms with Gasteiger partial charge in [-0.2, -0.15) is 9.50 Å². The molecule has 5 rings (SSSR count). The summed E-state index contributed by atoms with van der Waals surface area (Å²) in [6, 6.07) is 6.40. The molecule has 11 heteroatoms. The van der Waals surface area contributed by atoms with E-state index in [9.17, 15) is 14.7 Å². The summed E-state index contributed by atoms with van der Waals surface area (Å²) >= 11 is 0. The van der Waals surface area contributed by atoms with Crippen LogP contribution in [0.15, 0.2) is 41.5 Å². The number of carbonyl (C=O) groups excluding carboxylic acids is 1. The first-order valence-electron chi connectivity index (χ1n) is 8.72. The Hall–Kier alpha value is -3.99. The normalized spacial score (nSPS) is 13.0. The fourth-order valence-corrected chi connectivity index (χ4v) is 3.07. The van der Waals surface area contributed by atoms with Crippen molar-refractivity contribution in [2.24, 2.45) is 0 Å². The lowest BCUT2D eigenvalue weighted by Crippen LogP contribution is -2.33. The van der Waals surface area contributed by atoms with Crippen LogP contribution in [0.4, 0.5) is 0 Å². The number of carbonyl (C=O) groups is 1. The van der Waals surface area contributed by atoms with Crippen LogP contribution in [0, 0.1) is 0 Å². The van der Waals surface area contributed by atoms with Crippen molar-refractivity contribution in [1.82, 2.24) is 24.3 Å². The molecule has 0 radical (unpaired) electrons. The highest BCUT2D eigenvalue weighted by atomic mass is 16.6. The molecule has 4 aromatic rings. The molecule has 0 saturated carbocycles. The van der Waals surface area contributed by atoms with E-state index < -0.39 is 11.5 Å². The van der Waals surface area contributed by atoms with Crippen molar-refractivity contribution in [3.63, 3.8) is 0 Å². The number of rotatable bonds is 3. The summed E-state index contributed by atoms with van der Waals surface area (Å²) < 4.78 is 13.4. The topological polar surface area (TPSA) is 133 Å². The Morgan fingerprint density at radius 3 is 2.86 bits per heavy atom.